The quantitative estimate of drug-likeness (QED) is 0.912. The summed E-state index contributed by atoms with van der Waals surface area (Å²) in [6, 6.07) is 3.65. The van der Waals surface area contributed by atoms with Gasteiger partial charge in [-0.2, -0.15) is 0 Å². The molecular weight excluding hydrogens is 256 g/mol. The topological polar surface area (TPSA) is 79.2 Å². The first-order chi connectivity index (χ1) is 9.49. The summed E-state index contributed by atoms with van der Waals surface area (Å²) in [5.74, 6) is 0.308. The van der Waals surface area contributed by atoms with Crippen LogP contribution in [0.3, 0.4) is 0 Å². The zero-order valence-electron chi connectivity index (χ0n) is 11.7. The molecule has 0 aromatic carbocycles. The number of likely N-dealkylation sites (N-methyl/N-ethyl adjacent to an activating group) is 1. The Bertz CT molecular complexity index is 629. The lowest BCUT2D eigenvalue weighted by atomic mass is 10.2. The number of pyridine rings is 1. The highest BCUT2D eigenvalue weighted by Gasteiger charge is 2.14. The molecule has 0 fully saturated rings. The molecule has 0 atom stereocenters. The molecule has 6 heteroatoms. The Balaban J connectivity index is 2.47. The Kier molecular flexibility index (Phi) is 3.93. The van der Waals surface area contributed by atoms with Gasteiger partial charge in [0.05, 0.1) is 0 Å². The lowest BCUT2D eigenvalue weighted by Crippen LogP contribution is -2.27. The molecule has 1 N–H and O–H groups in total. The van der Waals surface area contributed by atoms with Crippen molar-refractivity contribution in [2.75, 3.05) is 18.5 Å². The normalized spacial score (nSPS) is 10.3. The summed E-state index contributed by atoms with van der Waals surface area (Å²) < 4.78 is 0. The zero-order valence-corrected chi connectivity index (χ0v) is 11.7. The fraction of sp³-hybridized carbons (Fsp3) is 0.286. The van der Waals surface area contributed by atoms with Gasteiger partial charge in [0.25, 0.3) is 0 Å². The SMILES string of the molecule is Cc1nc(-c2ccncc2)nc(N(C)CC(=O)O)c1C. The van der Waals surface area contributed by atoms with Crippen LogP contribution < -0.4 is 4.90 Å². The van der Waals surface area contributed by atoms with Crippen LogP contribution in [0.5, 0.6) is 0 Å². The average Bonchev–Trinajstić information content (AvgIpc) is 2.41. The Hall–Kier alpha value is -2.50. The summed E-state index contributed by atoms with van der Waals surface area (Å²) in [4.78, 5) is 25.3. The van der Waals surface area contributed by atoms with Crippen molar-refractivity contribution in [3.8, 4) is 11.4 Å². The van der Waals surface area contributed by atoms with E-state index in [1.54, 1.807) is 24.3 Å². The highest BCUT2D eigenvalue weighted by Crippen LogP contribution is 2.23. The van der Waals surface area contributed by atoms with Crippen LogP contribution >= 0.6 is 0 Å². The summed E-state index contributed by atoms with van der Waals surface area (Å²) in [5.41, 5.74) is 2.57. The van der Waals surface area contributed by atoms with E-state index in [-0.39, 0.29) is 6.54 Å². The first-order valence-electron chi connectivity index (χ1n) is 6.17. The van der Waals surface area contributed by atoms with Gasteiger partial charge >= 0.3 is 5.97 Å². The fourth-order valence-corrected chi connectivity index (χ4v) is 1.89. The van der Waals surface area contributed by atoms with Crippen LogP contribution in [-0.4, -0.2) is 39.6 Å². The Labute approximate surface area is 117 Å². The first-order valence-corrected chi connectivity index (χ1v) is 6.17. The third-order valence-electron chi connectivity index (χ3n) is 3.04. The van der Waals surface area contributed by atoms with Crippen LogP contribution in [0.15, 0.2) is 24.5 Å². The highest BCUT2D eigenvalue weighted by atomic mass is 16.4. The van der Waals surface area contributed by atoms with Gasteiger partial charge in [-0.05, 0) is 26.0 Å². The number of anilines is 1. The molecule has 104 valence electrons. The molecular formula is C14H16N4O2. The van der Waals surface area contributed by atoms with Gasteiger partial charge in [0.2, 0.25) is 0 Å². The number of aromatic nitrogens is 3. The Morgan fingerprint density at radius 1 is 1.25 bits per heavy atom. The molecule has 0 aliphatic carbocycles. The minimum Gasteiger partial charge on any atom is -0.480 e. The van der Waals surface area contributed by atoms with Crippen LogP contribution in [0.1, 0.15) is 11.3 Å². The minimum atomic E-state index is -0.895. The number of carboxylic acids is 1. The maximum Gasteiger partial charge on any atom is 0.323 e. The Morgan fingerprint density at radius 2 is 1.90 bits per heavy atom. The van der Waals surface area contributed by atoms with Gasteiger partial charge in [0.15, 0.2) is 5.82 Å². The molecule has 0 saturated heterocycles. The van der Waals surface area contributed by atoms with Crippen LogP contribution in [0.4, 0.5) is 5.82 Å². The van der Waals surface area contributed by atoms with E-state index in [2.05, 4.69) is 15.0 Å². The van der Waals surface area contributed by atoms with Crippen LogP contribution in [0, 0.1) is 13.8 Å². The molecule has 2 rings (SSSR count). The van der Waals surface area contributed by atoms with E-state index in [1.807, 2.05) is 26.0 Å². The summed E-state index contributed by atoms with van der Waals surface area (Å²) >= 11 is 0. The maximum absolute atomic E-state index is 10.8. The molecule has 0 aliphatic heterocycles. The van der Waals surface area contributed by atoms with Crippen LogP contribution in [0.25, 0.3) is 11.4 Å². The molecule has 0 unspecified atom stereocenters. The Morgan fingerprint density at radius 3 is 2.50 bits per heavy atom. The summed E-state index contributed by atoms with van der Waals surface area (Å²) in [5, 5.41) is 8.90. The predicted octanol–water partition coefficient (Wildman–Crippen LogP) is 1.68. The summed E-state index contributed by atoms with van der Waals surface area (Å²) in [6.45, 7) is 3.67. The van der Waals surface area contributed by atoms with Gasteiger partial charge in [0.1, 0.15) is 12.4 Å². The van der Waals surface area contributed by atoms with E-state index in [9.17, 15) is 4.79 Å². The van der Waals surface area contributed by atoms with Crippen molar-refractivity contribution in [2.24, 2.45) is 0 Å². The van der Waals surface area contributed by atoms with Gasteiger partial charge < -0.3 is 10.0 Å². The number of carbonyl (C=O) groups is 1. The molecule has 2 aromatic heterocycles. The van der Waals surface area contributed by atoms with E-state index in [0.29, 0.717) is 11.6 Å². The number of carboxylic acid groups (broad SMARTS) is 1. The molecule has 20 heavy (non-hydrogen) atoms. The largest absolute Gasteiger partial charge is 0.480 e. The second kappa shape index (κ2) is 5.64. The van der Waals surface area contributed by atoms with Crippen molar-refractivity contribution in [2.45, 2.75) is 13.8 Å². The average molecular weight is 272 g/mol. The van der Waals surface area contributed by atoms with Crippen LogP contribution in [-0.2, 0) is 4.79 Å². The van der Waals surface area contributed by atoms with E-state index in [0.717, 1.165) is 16.8 Å². The van der Waals surface area contributed by atoms with Gasteiger partial charge in [-0.25, -0.2) is 9.97 Å². The molecule has 0 amide bonds. The third-order valence-corrected chi connectivity index (χ3v) is 3.04. The smallest absolute Gasteiger partial charge is 0.323 e. The van der Waals surface area contributed by atoms with Crippen molar-refractivity contribution in [1.82, 2.24) is 15.0 Å². The maximum atomic E-state index is 10.8. The molecule has 0 aliphatic rings. The fourth-order valence-electron chi connectivity index (χ4n) is 1.89. The van der Waals surface area contributed by atoms with Crippen molar-refractivity contribution >= 4 is 11.8 Å². The number of aliphatic carboxylic acids is 1. The minimum absolute atomic E-state index is 0.104. The second-order valence-corrected chi connectivity index (χ2v) is 4.57. The van der Waals surface area contributed by atoms with Crippen molar-refractivity contribution in [3.63, 3.8) is 0 Å². The number of nitrogens with zero attached hydrogens (tertiary/aromatic N) is 4. The van der Waals surface area contributed by atoms with E-state index in [4.69, 9.17) is 5.11 Å². The van der Waals surface area contributed by atoms with E-state index in [1.165, 1.54) is 0 Å². The highest BCUT2D eigenvalue weighted by molar-refractivity contribution is 5.73. The van der Waals surface area contributed by atoms with Crippen molar-refractivity contribution < 1.29 is 9.90 Å². The van der Waals surface area contributed by atoms with Gasteiger partial charge in [0, 0.05) is 36.3 Å². The lowest BCUT2D eigenvalue weighted by Gasteiger charge is -2.19. The van der Waals surface area contributed by atoms with Crippen LogP contribution in [0.2, 0.25) is 0 Å². The molecule has 0 bridgehead atoms. The molecule has 0 saturated carbocycles. The summed E-state index contributed by atoms with van der Waals surface area (Å²) in [6.07, 6.45) is 3.35. The number of aryl methyl sites for hydroxylation is 1. The molecule has 0 radical (unpaired) electrons. The lowest BCUT2D eigenvalue weighted by molar-refractivity contribution is -0.135. The van der Waals surface area contributed by atoms with E-state index < -0.39 is 5.97 Å². The molecule has 0 spiro atoms. The molecule has 2 aromatic rings. The monoisotopic (exact) mass is 272 g/mol. The van der Waals surface area contributed by atoms with E-state index >= 15 is 0 Å². The predicted molar refractivity (Wildman–Crippen MR) is 75.6 cm³/mol. The van der Waals surface area contributed by atoms with Crippen molar-refractivity contribution in [3.05, 3.63) is 35.8 Å². The van der Waals surface area contributed by atoms with Gasteiger partial charge in [-0.3, -0.25) is 9.78 Å². The first kappa shape index (κ1) is 13.9. The molecule has 6 nitrogen and oxygen atoms in total. The standard InChI is InChI=1S/C14H16N4O2/c1-9-10(2)16-13(11-4-6-15-7-5-11)17-14(9)18(3)8-12(19)20/h4-7H,8H2,1-3H3,(H,19,20). The van der Waals surface area contributed by atoms with Crippen molar-refractivity contribution in [1.29, 1.82) is 0 Å². The number of rotatable bonds is 4. The van der Waals surface area contributed by atoms with Gasteiger partial charge in [-0.1, -0.05) is 0 Å². The third kappa shape index (κ3) is 2.90. The second-order valence-electron chi connectivity index (χ2n) is 4.57. The zero-order chi connectivity index (χ0) is 14.7. The molecule has 2 heterocycles. The number of hydrogen-bond acceptors (Lipinski definition) is 5. The van der Waals surface area contributed by atoms with Gasteiger partial charge in [-0.15, -0.1) is 0 Å². The summed E-state index contributed by atoms with van der Waals surface area (Å²) in [7, 11) is 1.71. The number of hydrogen-bond donors (Lipinski definition) is 1.